The molecular weight excluding hydrogens is 416 g/mol. The van der Waals surface area contributed by atoms with Gasteiger partial charge in [0.05, 0.1) is 17.0 Å². The van der Waals surface area contributed by atoms with Crippen molar-refractivity contribution >= 4 is 32.8 Å². The highest BCUT2D eigenvalue weighted by molar-refractivity contribution is 7.89. The number of fused-ring (bicyclic) bond motifs is 1. The van der Waals surface area contributed by atoms with Gasteiger partial charge in [0.1, 0.15) is 5.52 Å². The van der Waals surface area contributed by atoms with Crippen LogP contribution in [-0.2, 0) is 23.0 Å². The van der Waals surface area contributed by atoms with E-state index < -0.39 is 10.0 Å². The molecule has 0 atom stereocenters. The van der Waals surface area contributed by atoms with Crippen molar-refractivity contribution in [1.29, 1.82) is 0 Å². The molecule has 2 amide bonds. The van der Waals surface area contributed by atoms with Crippen LogP contribution in [0.4, 0.5) is 10.5 Å². The van der Waals surface area contributed by atoms with Crippen molar-refractivity contribution in [3.63, 3.8) is 0 Å². The first-order valence-electron chi connectivity index (χ1n) is 10.4. The minimum atomic E-state index is -3.49. The van der Waals surface area contributed by atoms with Crippen LogP contribution in [0.1, 0.15) is 25.3 Å². The SMILES string of the molecule is CCc1ccc(NC(=O)NCCn2nnc3cc(S(=O)(=O)N4CCCC4)ccc32)cc1. The van der Waals surface area contributed by atoms with Crippen molar-refractivity contribution in [3.05, 3.63) is 48.0 Å². The normalized spacial score (nSPS) is 14.7. The molecule has 1 aliphatic heterocycles. The van der Waals surface area contributed by atoms with Gasteiger partial charge in [0.25, 0.3) is 0 Å². The van der Waals surface area contributed by atoms with Gasteiger partial charge in [-0.1, -0.05) is 24.3 Å². The van der Waals surface area contributed by atoms with Gasteiger partial charge in [-0.2, -0.15) is 4.31 Å². The Kier molecular flexibility index (Phi) is 6.19. The number of carbonyl (C=O) groups excluding carboxylic acids is 1. The van der Waals surface area contributed by atoms with E-state index in [0.717, 1.165) is 30.5 Å². The van der Waals surface area contributed by atoms with Crippen molar-refractivity contribution in [2.45, 2.75) is 37.6 Å². The molecule has 1 aliphatic rings. The monoisotopic (exact) mass is 442 g/mol. The van der Waals surface area contributed by atoms with E-state index in [9.17, 15) is 13.2 Å². The summed E-state index contributed by atoms with van der Waals surface area (Å²) in [4.78, 5) is 12.3. The molecule has 1 fully saturated rings. The van der Waals surface area contributed by atoms with Gasteiger partial charge in [-0.25, -0.2) is 17.9 Å². The van der Waals surface area contributed by atoms with E-state index in [4.69, 9.17) is 0 Å². The Morgan fingerprint density at radius 3 is 2.55 bits per heavy atom. The molecule has 3 aromatic rings. The van der Waals surface area contributed by atoms with Crippen molar-refractivity contribution < 1.29 is 13.2 Å². The molecule has 2 heterocycles. The molecule has 2 N–H and O–H groups in total. The first-order chi connectivity index (χ1) is 15.0. The summed E-state index contributed by atoms with van der Waals surface area (Å²) in [6, 6.07) is 12.3. The summed E-state index contributed by atoms with van der Waals surface area (Å²) < 4.78 is 28.6. The molecule has 0 bridgehead atoms. The zero-order valence-electron chi connectivity index (χ0n) is 17.4. The molecular formula is C21H26N6O3S. The highest BCUT2D eigenvalue weighted by Gasteiger charge is 2.27. The third-order valence-corrected chi connectivity index (χ3v) is 7.31. The minimum absolute atomic E-state index is 0.237. The molecule has 4 rings (SSSR count). The lowest BCUT2D eigenvalue weighted by Crippen LogP contribution is -2.31. The molecule has 164 valence electrons. The minimum Gasteiger partial charge on any atom is -0.336 e. The van der Waals surface area contributed by atoms with Gasteiger partial charge < -0.3 is 10.6 Å². The van der Waals surface area contributed by atoms with E-state index >= 15 is 0 Å². The summed E-state index contributed by atoms with van der Waals surface area (Å²) in [5, 5.41) is 13.8. The molecule has 9 nitrogen and oxygen atoms in total. The number of rotatable bonds is 7. The number of hydrogen-bond acceptors (Lipinski definition) is 5. The van der Waals surface area contributed by atoms with Crippen LogP contribution in [0.3, 0.4) is 0 Å². The van der Waals surface area contributed by atoms with Gasteiger partial charge in [-0.15, -0.1) is 5.10 Å². The number of anilines is 1. The summed E-state index contributed by atoms with van der Waals surface area (Å²) in [5.41, 5.74) is 3.17. The summed E-state index contributed by atoms with van der Waals surface area (Å²) in [5.74, 6) is 0. The largest absolute Gasteiger partial charge is 0.336 e. The number of nitrogens with zero attached hydrogens (tertiary/aromatic N) is 4. The summed E-state index contributed by atoms with van der Waals surface area (Å²) in [6.07, 6.45) is 2.73. The fraction of sp³-hybridized carbons (Fsp3) is 0.381. The van der Waals surface area contributed by atoms with Crippen LogP contribution < -0.4 is 10.6 Å². The number of urea groups is 1. The van der Waals surface area contributed by atoms with Gasteiger partial charge >= 0.3 is 6.03 Å². The number of hydrogen-bond donors (Lipinski definition) is 2. The van der Waals surface area contributed by atoms with E-state index in [0.29, 0.717) is 31.7 Å². The predicted molar refractivity (Wildman–Crippen MR) is 118 cm³/mol. The summed E-state index contributed by atoms with van der Waals surface area (Å²) in [7, 11) is -3.49. The molecule has 1 aromatic heterocycles. The zero-order valence-corrected chi connectivity index (χ0v) is 18.2. The standard InChI is InChI=1S/C21H26N6O3S/c1-2-16-5-7-17(8-6-16)23-21(28)22-11-14-27-20-10-9-18(15-19(20)24-25-27)31(29,30)26-12-3-4-13-26/h5-10,15H,2-4,11-14H2,1H3,(H2,22,23,28). The predicted octanol–water partition coefficient (Wildman–Crippen LogP) is 2.60. The Morgan fingerprint density at radius 2 is 1.84 bits per heavy atom. The highest BCUT2D eigenvalue weighted by atomic mass is 32.2. The number of nitrogens with one attached hydrogen (secondary N) is 2. The number of amides is 2. The highest BCUT2D eigenvalue weighted by Crippen LogP contribution is 2.23. The molecule has 1 saturated heterocycles. The molecule has 0 unspecified atom stereocenters. The lowest BCUT2D eigenvalue weighted by atomic mass is 10.1. The number of benzene rings is 2. The van der Waals surface area contributed by atoms with Crippen LogP contribution in [0.5, 0.6) is 0 Å². The van der Waals surface area contributed by atoms with Crippen molar-refractivity contribution in [1.82, 2.24) is 24.6 Å². The van der Waals surface area contributed by atoms with Crippen LogP contribution in [0.15, 0.2) is 47.4 Å². The number of carbonyl (C=O) groups is 1. The van der Waals surface area contributed by atoms with Crippen LogP contribution in [0, 0.1) is 0 Å². The molecule has 31 heavy (non-hydrogen) atoms. The Balaban J connectivity index is 1.36. The Morgan fingerprint density at radius 1 is 1.10 bits per heavy atom. The second kappa shape index (κ2) is 9.03. The van der Waals surface area contributed by atoms with E-state index in [-0.39, 0.29) is 10.9 Å². The number of sulfonamides is 1. The molecule has 0 saturated carbocycles. The van der Waals surface area contributed by atoms with Crippen molar-refractivity contribution in [2.75, 3.05) is 25.0 Å². The van der Waals surface area contributed by atoms with Crippen LogP contribution in [0.25, 0.3) is 11.0 Å². The molecule has 0 aliphatic carbocycles. The Hall–Kier alpha value is -2.98. The van der Waals surface area contributed by atoms with Gasteiger partial charge in [0.2, 0.25) is 10.0 Å². The number of aromatic nitrogens is 3. The van der Waals surface area contributed by atoms with Gasteiger partial charge in [-0.3, -0.25) is 0 Å². The van der Waals surface area contributed by atoms with Gasteiger partial charge in [-0.05, 0) is 55.2 Å². The first kappa shape index (κ1) is 21.3. The average molecular weight is 443 g/mol. The van der Waals surface area contributed by atoms with E-state index in [1.54, 1.807) is 22.9 Å². The second-order valence-corrected chi connectivity index (χ2v) is 9.44. The van der Waals surface area contributed by atoms with Crippen LogP contribution >= 0.6 is 0 Å². The third kappa shape index (κ3) is 4.70. The summed E-state index contributed by atoms with van der Waals surface area (Å²) >= 11 is 0. The fourth-order valence-corrected chi connectivity index (χ4v) is 5.17. The van der Waals surface area contributed by atoms with Gasteiger partial charge in [0, 0.05) is 25.3 Å². The van der Waals surface area contributed by atoms with Gasteiger partial charge in [0.15, 0.2) is 0 Å². The van der Waals surface area contributed by atoms with E-state index in [2.05, 4.69) is 27.9 Å². The Bertz CT molecular complexity index is 1170. The average Bonchev–Trinajstić information content (AvgIpc) is 3.45. The molecule has 10 heteroatoms. The topological polar surface area (TPSA) is 109 Å². The lowest BCUT2D eigenvalue weighted by Gasteiger charge is -2.15. The van der Waals surface area contributed by atoms with Crippen LogP contribution in [0.2, 0.25) is 0 Å². The summed E-state index contributed by atoms with van der Waals surface area (Å²) in [6.45, 7) is 3.96. The fourth-order valence-electron chi connectivity index (χ4n) is 3.63. The smallest absolute Gasteiger partial charge is 0.319 e. The molecule has 0 spiro atoms. The quantitative estimate of drug-likeness (QED) is 0.585. The molecule has 2 aromatic carbocycles. The first-order valence-corrected chi connectivity index (χ1v) is 11.9. The van der Waals surface area contributed by atoms with Crippen molar-refractivity contribution in [2.24, 2.45) is 0 Å². The van der Waals surface area contributed by atoms with Crippen molar-refractivity contribution in [3.8, 4) is 0 Å². The lowest BCUT2D eigenvalue weighted by molar-refractivity contribution is 0.251. The number of aryl methyl sites for hydroxylation is 1. The maximum Gasteiger partial charge on any atom is 0.319 e. The van der Waals surface area contributed by atoms with Crippen LogP contribution in [-0.4, -0.2) is 53.4 Å². The Labute approximate surface area is 181 Å². The van der Waals surface area contributed by atoms with E-state index in [1.807, 2.05) is 24.3 Å². The maximum absolute atomic E-state index is 12.7. The maximum atomic E-state index is 12.7. The van der Waals surface area contributed by atoms with E-state index in [1.165, 1.54) is 9.87 Å². The second-order valence-electron chi connectivity index (χ2n) is 7.51. The molecule has 0 radical (unpaired) electrons. The zero-order chi connectivity index (χ0) is 21.8. The third-order valence-electron chi connectivity index (χ3n) is 5.42.